The number of carbonyl (C=O) groups excluding carboxylic acids is 1. The fourth-order valence-corrected chi connectivity index (χ4v) is 4.13. The number of ether oxygens (including phenoxy) is 2. The van der Waals surface area contributed by atoms with Gasteiger partial charge in [-0.25, -0.2) is 0 Å². The zero-order valence-corrected chi connectivity index (χ0v) is 16.6. The summed E-state index contributed by atoms with van der Waals surface area (Å²) >= 11 is 0. The van der Waals surface area contributed by atoms with Crippen molar-refractivity contribution in [3.05, 3.63) is 82.9 Å². The number of carbonyl (C=O) groups is 1. The highest BCUT2D eigenvalue weighted by Crippen LogP contribution is 2.36. The van der Waals surface area contributed by atoms with Crippen LogP contribution in [0.5, 0.6) is 11.5 Å². The lowest BCUT2D eigenvalue weighted by Crippen LogP contribution is -2.30. The van der Waals surface area contributed by atoms with Crippen LogP contribution in [0, 0.1) is 0 Å². The van der Waals surface area contributed by atoms with Crippen LogP contribution >= 0.6 is 0 Å². The molecule has 0 saturated carbocycles. The van der Waals surface area contributed by atoms with Gasteiger partial charge in [0.15, 0.2) is 11.5 Å². The smallest absolute Gasteiger partial charge is 0.254 e. The van der Waals surface area contributed by atoms with E-state index in [4.69, 9.17) is 9.47 Å². The van der Waals surface area contributed by atoms with E-state index in [1.807, 2.05) is 23.1 Å². The van der Waals surface area contributed by atoms with Crippen LogP contribution in [0.1, 0.15) is 33.5 Å². The molecule has 152 valence electrons. The van der Waals surface area contributed by atoms with Crippen LogP contribution in [0.3, 0.4) is 0 Å². The maximum Gasteiger partial charge on any atom is 0.254 e. The third-order valence-electron chi connectivity index (χ3n) is 5.82. The number of benzene rings is 3. The van der Waals surface area contributed by atoms with Crippen LogP contribution in [-0.2, 0) is 19.6 Å². The number of aliphatic hydroxyl groups excluding tert-OH is 1. The molecule has 1 N–H and O–H groups in total. The summed E-state index contributed by atoms with van der Waals surface area (Å²) in [6, 6.07) is 19.7. The predicted molar refractivity (Wildman–Crippen MR) is 113 cm³/mol. The molecule has 30 heavy (non-hydrogen) atoms. The Morgan fingerprint density at radius 2 is 1.67 bits per heavy atom. The minimum Gasteiger partial charge on any atom is -0.454 e. The molecule has 2 heterocycles. The second kappa shape index (κ2) is 7.84. The fraction of sp³-hybridized carbons (Fsp3) is 0.240. The molecule has 3 aromatic carbocycles. The van der Waals surface area contributed by atoms with Gasteiger partial charge in [0.25, 0.3) is 5.91 Å². The quantitative estimate of drug-likeness (QED) is 0.716. The van der Waals surface area contributed by atoms with E-state index in [1.54, 1.807) is 24.3 Å². The Bertz CT molecular complexity index is 1090. The first-order valence-corrected chi connectivity index (χ1v) is 10.2. The summed E-state index contributed by atoms with van der Waals surface area (Å²) in [7, 11) is 0. The number of aliphatic hydroxyl groups is 1. The molecule has 0 unspecified atom stereocenters. The van der Waals surface area contributed by atoms with Gasteiger partial charge in [0.05, 0.1) is 6.61 Å². The van der Waals surface area contributed by atoms with Gasteiger partial charge >= 0.3 is 0 Å². The predicted octanol–water partition coefficient (Wildman–Crippen LogP) is 4.16. The van der Waals surface area contributed by atoms with Gasteiger partial charge in [0.1, 0.15) is 0 Å². The van der Waals surface area contributed by atoms with Crippen molar-refractivity contribution in [1.82, 2.24) is 4.90 Å². The van der Waals surface area contributed by atoms with E-state index in [1.165, 1.54) is 11.1 Å². The van der Waals surface area contributed by atoms with E-state index in [9.17, 15) is 9.90 Å². The molecule has 2 aliphatic rings. The molecular formula is C25H23NO4. The minimum absolute atomic E-state index is 0.0196. The third kappa shape index (κ3) is 3.53. The molecule has 5 nitrogen and oxygen atoms in total. The van der Waals surface area contributed by atoms with Gasteiger partial charge in [0.2, 0.25) is 6.79 Å². The minimum atomic E-state index is -0.0196. The van der Waals surface area contributed by atoms with Crippen LogP contribution in [0.4, 0.5) is 0 Å². The SMILES string of the molecule is O=C(c1ccc(CO)cc1)N1CCCc2ccc(-c3ccc4c(c3)OCO4)cc2C1. The van der Waals surface area contributed by atoms with Gasteiger partial charge in [-0.3, -0.25) is 4.79 Å². The fourth-order valence-electron chi connectivity index (χ4n) is 4.13. The van der Waals surface area contributed by atoms with Crippen molar-refractivity contribution < 1.29 is 19.4 Å². The third-order valence-corrected chi connectivity index (χ3v) is 5.82. The molecule has 0 fully saturated rings. The molecule has 0 bridgehead atoms. The Labute approximate surface area is 175 Å². The molecule has 5 heteroatoms. The summed E-state index contributed by atoms with van der Waals surface area (Å²) in [6.07, 6.45) is 1.90. The first kappa shape index (κ1) is 18.7. The number of fused-ring (bicyclic) bond motifs is 2. The molecular weight excluding hydrogens is 378 g/mol. The Hall–Kier alpha value is -3.31. The van der Waals surface area contributed by atoms with Crippen molar-refractivity contribution in [1.29, 1.82) is 0 Å². The summed E-state index contributed by atoms with van der Waals surface area (Å²) in [5, 5.41) is 9.22. The van der Waals surface area contributed by atoms with Gasteiger partial charge in [0, 0.05) is 18.7 Å². The van der Waals surface area contributed by atoms with Crippen molar-refractivity contribution in [2.45, 2.75) is 26.0 Å². The van der Waals surface area contributed by atoms with Crippen molar-refractivity contribution in [3.63, 3.8) is 0 Å². The molecule has 1 amide bonds. The number of nitrogens with zero attached hydrogens (tertiary/aromatic N) is 1. The number of hydrogen-bond donors (Lipinski definition) is 1. The van der Waals surface area contributed by atoms with Gasteiger partial charge in [-0.05, 0) is 71.0 Å². The summed E-state index contributed by atoms with van der Waals surface area (Å²) in [4.78, 5) is 15.0. The molecule has 0 spiro atoms. The van der Waals surface area contributed by atoms with Gasteiger partial charge in [-0.1, -0.05) is 30.3 Å². The van der Waals surface area contributed by atoms with Gasteiger partial charge < -0.3 is 19.5 Å². The first-order valence-electron chi connectivity index (χ1n) is 10.2. The lowest BCUT2D eigenvalue weighted by molar-refractivity contribution is 0.0746. The Kier molecular flexibility index (Phi) is 4.89. The zero-order valence-electron chi connectivity index (χ0n) is 16.6. The summed E-state index contributed by atoms with van der Waals surface area (Å²) in [5.74, 6) is 1.57. The topological polar surface area (TPSA) is 59.0 Å². The van der Waals surface area contributed by atoms with Crippen molar-refractivity contribution >= 4 is 5.91 Å². The summed E-state index contributed by atoms with van der Waals surface area (Å²) in [6.45, 7) is 1.57. The second-order valence-electron chi connectivity index (χ2n) is 7.74. The molecule has 0 aliphatic carbocycles. The van der Waals surface area contributed by atoms with Crippen LogP contribution in [-0.4, -0.2) is 29.3 Å². The molecule has 2 aliphatic heterocycles. The molecule has 0 saturated heterocycles. The number of amides is 1. The highest BCUT2D eigenvalue weighted by Gasteiger charge is 2.21. The first-order chi connectivity index (χ1) is 14.7. The molecule has 5 rings (SSSR count). The van der Waals surface area contributed by atoms with Crippen LogP contribution < -0.4 is 9.47 Å². The Morgan fingerprint density at radius 3 is 2.50 bits per heavy atom. The van der Waals surface area contributed by atoms with Crippen LogP contribution in [0.15, 0.2) is 60.7 Å². The monoisotopic (exact) mass is 401 g/mol. The average molecular weight is 401 g/mol. The lowest BCUT2D eigenvalue weighted by Gasteiger charge is -2.21. The average Bonchev–Trinajstić information content (AvgIpc) is 3.16. The number of rotatable bonds is 3. The van der Waals surface area contributed by atoms with Crippen LogP contribution in [0.25, 0.3) is 11.1 Å². The van der Waals surface area contributed by atoms with E-state index < -0.39 is 0 Å². The van der Waals surface area contributed by atoms with E-state index in [2.05, 4.69) is 18.2 Å². The molecule has 0 atom stereocenters. The number of aryl methyl sites for hydroxylation is 1. The molecule has 0 radical (unpaired) electrons. The summed E-state index contributed by atoms with van der Waals surface area (Å²) < 4.78 is 10.9. The Morgan fingerprint density at radius 1 is 0.900 bits per heavy atom. The van der Waals surface area contributed by atoms with Gasteiger partial charge in [-0.15, -0.1) is 0 Å². The molecule has 3 aromatic rings. The van der Waals surface area contributed by atoms with Gasteiger partial charge in [-0.2, -0.15) is 0 Å². The van der Waals surface area contributed by atoms with Crippen molar-refractivity contribution in [2.24, 2.45) is 0 Å². The highest BCUT2D eigenvalue weighted by molar-refractivity contribution is 5.94. The van der Waals surface area contributed by atoms with Crippen LogP contribution in [0.2, 0.25) is 0 Å². The highest BCUT2D eigenvalue weighted by atomic mass is 16.7. The van der Waals surface area contributed by atoms with E-state index >= 15 is 0 Å². The standard InChI is InChI=1S/C25H23NO4/c27-15-17-3-5-19(6-4-17)25(28)26-11-1-2-18-7-8-20(12-22(18)14-26)21-9-10-23-24(13-21)30-16-29-23/h3-10,12-13,27H,1-2,11,14-16H2. The number of hydrogen-bond acceptors (Lipinski definition) is 4. The van der Waals surface area contributed by atoms with Crippen molar-refractivity contribution in [3.8, 4) is 22.6 Å². The van der Waals surface area contributed by atoms with E-state index in [-0.39, 0.29) is 19.3 Å². The van der Waals surface area contributed by atoms with E-state index in [0.29, 0.717) is 12.1 Å². The largest absolute Gasteiger partial charge is 0.454 e. The maximum atomic E-state index is 13.1. The van der Waals surface area contributed by atoms with Crippen molar-refractivity contribution in [2.75, 3.05) is 13.3 Å². The second-order valence-corrected chi connectivity index (χ2v) is 7.74. The molecule has 0 aromatic heterocycles. The lowest BCUT2D eigenvalue weighted by atomic mass is 9.97. The Balaban J connectivity index is 1.42. The maximum absolute atomic E-state index is 13.1. The van der Waals surface area contributed by atoms with E-state index in [0.717, 1.165) is 47.6 Å². The normalized spacial score (nSPS) is 14.9. The summed E-state index contributed by atoms with van der Waals surface area (Å²) in [5.41, 5.74) is 6.12. The zero-order chi connectivity index (χ0) is 20.5.